The van der Waals surface area contributed by atoms with Crippen molar-refractivity contribution in [1.82, 2.24) is 25.0 Å². The fraction of sp³-hybridized carbons (Fsp3) is 0.750. The van der Waals surface area contributed by atoms with E-state index >= 15 is 0 Å². The number of hydrogen-bond donors (Lipinski definition) is 1. The van der Waals surface area contributed by atoms with Crippen molar-refractivity contribution in [1.29, 1.82) is 0 Å². The Bertz CT molecular complexity index is 386. The van der Waals surface area contributed by atoms with Gasteiger partial charge >= 0.3 is 0 Å². The zero-order valence-electron chi connectivity index (χ0n) is 11.9. The minimum Gasteiger partial charge on any atom is -0.334 e. The first-order valence-corrected chi connectivity index (χ1v) is 6.23. The number of hydrogen-bond acceptors (Lipinski definition) is 4. The van der Waals surface area contributed by atoms with Crippen molar-refractivity contribution in [2.75, 3.05) is 33.7 Å². The molecule has 0 aromatic carbocycles. The third kappa shape index (κ3) is 4.44. The number of carbonyl (C=O) groups is 1. The number of amides is 1. The zero-order valence-corrected chi connectivity index (χ0v) is 11.9. The van der Waals surface area contributed by atoms with E-state index < -0.39 is 0 Å². The molecule has 1 rings (SSSR count). The second-order valence-electron chi connectivity index (χ2n) is 5.19. The number of H-pyrrole nitrogens is 1. The van der Waals surface area contributed by atoms with Crippen LogP contribution in [0.1, 0.15) is 30.3 Å². The fourth-order valence-corrected chi connectivity index (χ4v) is 1.62. The average Bonchev–Trinajstić information content (AvgIpc) is 2.69. The first-order valence-electron chi connectivity index (χ1n) is 6.23. The summed E-state index contributed by atoms with van der Waals surface area (Å²) in [5.74, 6) is 1.24. The van der Waals surface area contributed by atoms with E-state index in [1.54, 1.807) is 6.92 Å². The maximum atomic E-state index is 12.3. The van der Waals surface area contributed by atoms with Gasteiger partial charge in [-0.05, 0) is 26.9 Å². The van der Waals surface area contributed by atoms with Crippen LogP contribution in [-0.4, -0.2) is 64.6 Å². The number of nitrogens with zero attached hydrogens (tertiary/aromatic N) is 4. The van der Waals surface area contributed by atoms with Crippen LogP contribution in [-0.2, 0) is 0 Å². The van der Waals surface area contributed by atoms with Crippen LogP contribution < -0.4 is 0 Å². The molecule has 102 valence electrons. The van der Waals surface area contributed by atoms with Gasteiger partial charge in [-0.1, -0.05) is 13.8 Å². The summed E-state index contributed by atoms with van der Waals surface area (Å²) in [6.07, 6.45) is 0. The molecule has 1 aromatic heterocycles. The summed E-state index contributed by atoms with van der Waals surface area (Å²) in [5, 5.41) is 6.63. The SMILES string of the molecule is Cc1nc(C(=O)N(CCN(C)C)CC(C)C)n[nH]1. The van der Waals surface area contributed by atoms with Gasteiger partial charge in [-0.2, -0.15) is 0 Å². The molecule has 0 atom stereocenters. The molecule has 0 saturated heterocycles. The number of aryl methyl sites for hydroxylation is 1. The number of rotatable bonds is 6. The van der Waals surface area contributed by atoms with Gasteiger partial charge in [0.15, 0.2) is 0 Å². The highest BCUT2D eigenvalue weighted by Crippen LogP contribution is 2.04. The molecule has 0 aliphatic heterocycles. The Balaban J connectivity index is 2.72. The van der Waals surface area contributed by atoms with E-state index in [2.05, 4.69) is 33.9 Å². The van der Waals surface area contributed by atoms with Crippen LogP contribution in [0, 0.1) is 12.8 Å². The van der Waals surface area contributed by atoms with Gasteiger partial charge in [0.05, 0.1) is 0 Å². The zero-order chi connectivity index (χ0) is 13.7. The molecule has 0 bridgehead atoms. The normalized spacial score (nSPS) is 11.3. The van der Waals surface area contributed by atoms with Gasteiger partial charge in [0.1, 0.15) is 5.82 Å². The van der Waals surface area contributed by atoms with E-state index in [0.717, 1.165) is 13.1 Å². The number of carbonyl (C=O) groups excluding carboxylic acids is 1. The van der Waals surface area contributed by atoms with Crippen molar-refractivity contribution >= 4 is 5.91 Å². The summed E-state index contributed by atoms with van der Waals surface area (Å²) >= 11 is 0. The molecule has 0 aliphatic carbocycles. The van der Waals surface area contributed by atoms with Crippen LogP contribution in [0.2, 0.25) is 0 Å². The molecule has 0 spiro atoms. The smallest absolute Gasteiger partial charge is 0.293 e. The molecule has 0 unspecified atom stereocenters. The average molecular weight is 253 g/mol. The molecule has 0 aliphatic rings. The van der Waals surface area contributed by atoms with Crippen LogP contribution in [0.4, 0.5) is 0 Å². The summed E-state index contributed by atoms with van der Waals surface area (Å²) in [5.41, 5.74) is 0. The Morgan fingerprint density at radius 1 is 1.33 bits per heavy atom. The van der Waals surface area contributed by atoms with Crippen molar-refractivity contribution in [2.24, 2.45) is 5.92 Å². The predicted octanol–water partition coefficient (Wildman–Crippen LogP) is 0.773. The predicted molar refractivity (Wildman–Crippen MR) is 70.4 cm³/mol. The van der Waals surface area contributed by atoms with Crippen LogP contribution >= 0.6 is 0 Å². The molecule has 1 heterocycles. The molecule has 1 N–H and O–H groups in total. The van der Waals surface area contributed by atoms with Crippen LogP contribution in [0.25, 0.3) is 0 Å². The van der Waals surface area contributed by atoms with Gasteiger partial charge in [0, 0.05) is 19.6 Å². The van der Waals surface area contributed by atoms with Crippen molar-refractivity contribution in [2.45, 2.75) is 20.8 Å². The quantitative estimate of drug-likeness (QED) is 0.813. The fourth-order valence-electron chi connectivity index (χ4n) is 1.62. The number of likely N-dealkylation sites (N-methyl/N-ethyl adjacent to an activating group) is 1. The molecule has 1 aromatic rings. The summed E-state index contributed by atoms with van der Waals surface area (Å²) in [7, 11) is 3.99. The van der Waals surface area contributed by atoms with Crippen LogP contribution in [0.15, 0.2) is 0 Å². The summed E-state index contributed by atoms with van der Waals surface area (Å²) in [4.78, 5) is 20.2. The lowest BCUT2D eigenvalue weighted by Crippen LogP contribution is -2.39. The third-order valence-electron chi connectivity index (χ3n) is 2.48. The molecule has 0 radical (unpaired) electrons. The summed E-state index contributed by atoms with van der Waals surface area (Å²) < 4.78 is 0. The van der Waals surface area contributed by atoms with Crippen molar-refractivity contribution in [3.8, 4) is 0 Å². The summed E-state index contributed by atoms with van der Waals surface area (Å²) in [6.45, 7) is 8.23. The minimum absolute atomic E-state index is 0.102. The Hall–Kier alpha value is -1.43. The van der Waals surface area contributed by atoms with Crippen molar-refractivity contribution < 1.29 is 4.79 Å². The highest BCUT2D eigenvalue weighted by atomic mass is 16.2. The van der Waals surface area contributed by atoms with Crippen molar-refractivity contribution in [3.63, 3.8) is 0 Å². The standard InChI is InChI=1S/C12H23N5O/c1-9(2)8-17(7-6-16(4)5)12(18)11-13-10(3)14-15-11/h9H,6-8H2,1-5H3,(H,13,14,15). The molecular formula is C12H23N5O. The third-order valence-corrected chi connectivity index (χ3v) is 2.48. The maximum Gasteiger partial charge on any atom is 0.293 e. The van der Waals surface area contributed by atoms with E-state index in [0.29, 0.717) is 18.3 Å². The van der Waals surface area contributed by atoms with E-state index in [1.165, 1.54) is 0 Å². The topological polar surface area (TPSA) is 65.1 Å². The largest absolute Gasteiger partial charge is 0.334 e. The van der Waals surface area contributed by atoms with E-state index in [4.69, 9.17) is 0 Å². The first kappa shape index (κ1) is 14.6. The lowest BCUT2D eigenvalue weighted by Gasteiger charge is -2.24. The number of nitrogens with one attached hydrogen (secondary N) is 1. The molecule has 0 saturated carbocycles. The van der Waals surface area contributed by atoms with Gasteiger partial charge in [-0.15, -0.1) is 5.10 Å². The lowest BCUT2D eigenvalue weighted by molar-refractivity contribution is 0.0712. The minimum atomic E-state index is -0.102. The van der Waals surface area contributed by atoms with Crippen LogP contribution in [0.3, 0.4) is 0 Å². The number of aromatic nitrogens is 3. The summed E-state index contributed by atoms with van der Waals surface area (Å²) in [6, 6.07) is 0. The highest BCUT2D eigenvalue weighted by molar-refractivity contribution is 5.90. The van der Waals surface area contributed by atoms with Crippen molar-refractivity contribution in [3.05, 3.63) is 11.6 Å². The van der Waals surface area contributed by atoms with Gasteiger partial charge in [-0.25, -0.2) is 4.98 Å². The monoisotopic (exact) mass is 253 g/mol. The van der Waals surface area contributed by atoms with Gasteiger partial charge < -0.3 is 9.80 Å². The van der Waals surface area contributed by atoms with E-state index in [-0.39, 0.29) is 11.7 Å². The maximum absolute atomic E-state index is 12.3. The molecule has 1 amide bonds. The molecule has 0 fully saturated rings. The van der Waals surface area contributed by atoms with E-state index in [9.17, 15) is 4.79 Å². The molecule has 6 nitrogen and oxygen atoms in total. The Kier molecular flexibility index (Phi) is 5.27. The van der Waals surface area contributed by atoms with Gasteiger partial charge in [0.2, 0.25) is 5.82 Å². The lowest BCUT2D eigenvalue weighted by atomic mass is 10.2. The van der Waals surface area contributed by atoms with Gasteiger partial charge in [0.25, 0.3) is 5.91 Å². The van der Waals surface area contributed by atoms with Crippen LogP contribution in [0.5, 0.6) is 0 Å². The molecule has 18 heavy (non-hydrogen) atoms. The first-order chi connectivity index (χ1) is 8.40. The Morgan fingerprint density at radius 3 is 2.44 bits per heavy atom. The Morgan fingerprint density at radius 2 is 2.00 bits per heavy atom. The second kappa shape index (κ2) is 6.49. The second-order valence-corrected chi connectivity index (χ2v) is 5.19. The Labute approximate surface area is 108 Å². The highest BCUT2D eigenvalue weighted by Gasteiger charge is 2.20. The van der Waals surface area contributed by atoms with E-state index in [1.807, 2.05) is 19.0 Å². The van der Waals surface area contributed by atoms with Gasteiger partial charge in [-0.3, -0.25) is 9.89 Å². The molecular weight excluding hydrogens is 230 g/mol. The molecule has 6 heteroatoms. The number of aromatic amines is 1.